The quantitative estimate of drug-likeness (QED) is 0.769. The van der Waals surface area contributed by atoms with Crippen molar-refractivity contribution in [2.24, 2.45) is 0 Å². The van der Waals surface area contributed by atoms with Crippen LogP contribution in [0.3, 0.4) is 0 Å². The lowest BCUT2D eigenvalue weighted by molar-refractivity contribution is -0.121. The van der Waals surface area contributed by atoms with Crippen molar-refractivity contribution in [2.75, 3.05) is 0 Å². The number of hydrogen-bond donors (Lipinski definition) is 1. The average molecular weight is 191 g/mol. The Labute approximate surface area is 84.6 Å². The van der Waals surface area contributed by atoms with Crippen molar-refractivity contribution in [2.45, 2.75) is 25.8 Å². The molecule has 3 nitrogen and oxygen atoms in total. The summed E-state index contributed by atoms with van der Waals surface area (Å²) in [5, 5.41) is 2.80. The minimum atomic E-state index is 0.0688. The van der Waals surface area contributed by atoms with Crippen LogP contribution in [-0.4, -0.2) is 10.9 Å². The zero-order valence-corrected chi connectivity index (χ0v) is 8.20. The highest BCUT2D eigenvalue weighted by molar-refractivity contribution is 5.75. The summed E-state index contributed by atoms with van der Waals surface area (Å²) < 4.78 is 0. The van der Waals surface area contributed by atoms with E-state index in [0.29, 0.717) is 13.0 Å². The molecule has 3 heteroatoms. The van der Waals surface area contributed by atoms with E-state index < -0.39 is 0 Å². The van der Waals surface area contributed by atoms with Crippen molar-refractivity contribution in [1.82, 2.24) is 10.3 Å². The van der Waals surface area contributed by atoms with Gasteiger partial charge in [-0.2, -0.15) is 0 Å². The molecule has 0 unspecified atom stereocenters. The summed E-state index contributed by atoms with van der Waals surface area (Å²) in [7, 11) is 0. The number of carbonyl (C=O) groups is 1. The Kier molecular flexibility index (Phi) is 4.69. The fourth-order valence-electron chi connectivity index (χ4n) is 1.07. The van der Waals surface area contributed by atoms with Gasteiger partial charge in [0.2, 0.25) is 5.91 Å². The zero-order valence-electron chi connectivity index (χ0n) is 8.20. The van der Waals surface area contributed by atoms with Gasteiger partial charge >= 0.3 is 0 Å². The molecule has 0 aliphatic heterocycles. The minimum absolute atomic E-state index is 0.0688. The second kappa shape index (κ2) is 6.13. The summed E-state index contributed by atoms with van der Waals surface area (Å²) in [5.41, 5.74) is 0.885. The minimum Gasteiger partial charge on any atom is -0.350 e. The molecular formula is C11H15N2O. The Hall–Kier alpha value is -1.38. The number of amides is 1. The third-order valence-corrected chi connectivity index (χ3v) is 1.85. The normalized spacial score (nSPS) is 9.79. The van der Waals surface area contributed by atoms with E-state index in [4.69, 9.17) is 0 Å². The van der Waals surface area contributed by atoms with E-state index in [1.807, 2.05) is 18.2 Å². The molecular weight excluding hydrogens is 176 g/mol. The van der Waals surface area contributed by atoms with Crippen molar-refractivity contribution in [1.29, 1.82) is 0 Å². The van der Waals surface area contributed by atoms with Crippen LogP contribution in [0.15, 0.2) is 24.4 Å². The van der Waals surface area contributed by atoms with Crippen molar-refractivity contribution >= 4 is 5.91 Å². The fraction of sp³-hybridized carbons (Fsp3) is 0.364. The highest BCUT2D eigenvalue weighted by atomic mass is 16.1. The van der Waals surface area contributed by atoms with Crippen LogP contribution >= 0.6 is 0 Å². The molecule has 1 rings (SSSR count). The number of unbranched alkanes of at least 4 members (excludes halogenated alkanes) is 1. The third-order valence-electron chi connectivity index (χ3n) is 1.85. The maximum absolute atomic E-state index is 11.2. The summed E-state index contributed by atoms with van der Waals surface area (Å²) in [6.45, 7) is 4.19. The molecule has 0 atom stereocenters. The molecule has 0 aromatic carbocycles. The SMILES string of the molecule is [CH2]CCCC(=O)NCc1ccccn1. The maximum Gasteiger partial charge on any atom is 0.220 e. The summed E-state index contributed by atoms with van der Waals surface area (Å²) in [6, 6.07) is 5.65. The predicted octanol–water partition coefficient (Wildman–Crippen LogP) is 1.70. The van der Waals surface area contributed by atoms with E-state index >= 15 is 0 Å². The van der Waals surface area contributed by atoms with E-state index in [0.717, 1.165) is 18.5 Å². The summed E-state index contributed by atoms with van der Waals surface area (Å²) >= 11 is 0. The van der Waals surface area contributed by atoms with Crippen molar-refractivity contribution in [3.05, 3.63) is 37.0 Å². The summed E-state index contributed by atoms with van der Waals surface area (Å²) in [4.78, 5) is 15.3. The average Bonchev–Trinajstić information content (AvgIpc) is 2.25. The number of hydrogen-bond acceptors (Lipinski definition) is 2. The molecule has 0 fully saturated rings. The van der Waals surface area contributed by atoms with Crippen LogP contribution in [0.2, 0.25) is 0 Å². The molecule has 0 saturated heterocycles. The van der Waals surface area contributed by atoms with Gasteiger partial charge in [0.25, 0.3) is 0 Å². The summed E-state index contributed by atoms with van der Waals surface area (Å²) in [6.07, 6.45) is 3.92. The molecule has 0 bridgehead atoms. The largest absolute Gasteiger partial charge is 0.350 e. The van der Waals surface area contributed by atoms with E-state index in [9.17, 15) is 4.79 Å². The smallest absolute Gasteiger partial charge is 0.220 e. The second-order valence-corrected chi connectivity index (χ2v) is 3.05. The molecule has 0 saturated carbocycles. The first-order valence-electron chi connectivity index (χ1n) is 4.79. The monoisotopic (exact) mass is 191 g/mol. The standard InChI is InChI=1S/C11H15N2O/c1-2-3-7-11(14)13-9-10-6-4-5-8-12-10/h4-6,8H,1-3,7,9H2,(H,13,14). The van der Waals surface area contributed by atoms with Crippen LogP contribution in [0.4, 0.5) is 0 Å². The highest BCUT2D eigenvalue weighted by Gasteiger charge is 1.99. The van der Waals surface area contributed by atoms with Crippen molar-refractivity contribution in [3.63, 3.8) is 0 Å². The summed E-state index contributed by atoms with van der Waals surface area (Å²) in [5.74, 6) is 0.0688. The van der Waals surface area contributed by atoms with Crippen LogP contribution in [0.1, 0.15) is 25.0 Å². The molecule has 1 heterocycles. The van der Waals surface area contributed by atoms with E-state index in [1.54, 1.807) is 6.20 Å². The number of nitrogens with zero attached hydrogens (tertiary/aromatic N) is 1. The molecule has 1 aromatic heterocycles. The molecule has 0 aliphatic carbocycles. The molecule has 75 valence electrons. The number of rotatable bonds is 5. The fourth-order valence-corrected chi connectivity index (χ4v) is 1.07. The lowest BCUT2D eigenvalue weighted by Gasteiger charge is -2.03. The number of nitrogens with one attached hydrogen (secondary N) is 1. The Morgan fingerprint density at radius 3 is 3.00 bits per heavy atom. The second-order valence-electron chi connectivity index (χ2n) is 3.05. The number of carbonyl (C=O) groups excluding carboxylic acids is 1. The van der Waals surface area contributed by atoms with Gasteiger partial charge in [0.05, 0.1) is 12.2 Å². The molecule has 14 heavy (non-hydrogen) atoms. The number of aromatic nitrogens is 1. The lowest BCUT2D eigenvalue weighted by atomic mass is 10.2. The molecule has 1 N–H and O–H groups in total. The van der Waals surface area contributed by atoms with Crippen LogP contribution in [0.5, 0.6) is 0 Å². The van der Waals surface area contributed by atoms with Gasteiger partial charge in [-0.25, -0.2) is 0 Å². The van der Waals surface area contributed by atoms with Crippen molar-refractivity contribution in [3.8, 4) is 0 Å². The first-order chi connectivity index (χ1) is 6.83. The van der Waals surface area contributed by atoms with Gasteiger partial charge in [0.15, 0.2) is 0 Å². The molecule has 1 radical (unpaired) electrons. The van der Waals surface area contributed by atoms with Gasteiger partial charge < -0.3 is 5.32 Å². The number of pyridine rings is 1. The van der Waals surface area contributed by atoms with Crippen LogP contribution in [0, 0.1) is 6.92 Å². The van der Waals surface area contributed by atoms with Gasteiger partial charge in [0.1, 0.15) is 0 Å². The first kappa shape index (κ1) is 10.7. The Balaban J connectivity index is 2.24. The van der Waals surface area contributed by atoms with Crippen molar-refractivity contribution < 1.29 is 4.79 Å². The molecule has 0 aliphatic rings. The molecule has 0 spiro atoms. The Bertz CT molecular complexity index is 272. The van der Waals surface area contributed by atoms with Gasteiger partial charge in [-0.05, 0) is 18.6 Å². The zero-order chi connectivity index (χ0) is 10.2. The predicted molar refractivity (Wildman–Crippen MR) is 55.3 cm³/mol. The third kappa shape index (κ3) is 4.03. The maximum atomic E-state index is 11.2. The van der Waals surface area contributed by atoms with E-state index in [-0.39, 0.29) is 5.91 Å². The van der Waals surface area contributed by atoms with E-state index in [2.05, 4.69) is 17.2 Å². The van der Waals surface area contributed by atoms with Gasteiger partial charge in [-0.3, -0.25) is 9.78 Å². The molecule has 1 aromatic rings. The van der Waals surface area contributed by atoms with Crippen LogP contribution < -0.4 is 5.32 Å². The van der Waals surface area contributed by atoms with Crippen LogP contribution in [-0.2, 0) is 11.3 Å². The van der Waals surface area contributed by atoms with Gasteiger partial charge in [-0.1, -0.05) is 19.4 Å². The van der Waals surface area contributed by atoms with E-state index in [1.165, 1.54) is 0 Å². The Morgan fingerprint density at radius 1 is 1.50 bits per heavy atom. The van der Waals surface area contributed by atoms with Gasteiger partial charge in [0, 0.05) is 12.6 Å². The first-order valence-corrected chi connectivity index (χ1v) is 4.79. The Morgan fingerprint density at radius 2 is 2.36 bits per heavy atom. The lowest BCUT2D eigenvalue weighted by Crippen LogP contribution is -2.22. The molecule has 1 amide bonds. The highest BCUT2D eigenvalue weighted by Crippen LogP contribution is 1.95. The van der Waals surface area contributed by atoms with Crippen LogP contribution in [0.25, 0.3) is 0 Å². The van der Waals surface area contributed by atoms with Gasteiger partial charge in [-0.15, -0.1) is 0 Å². The topological polar surface area (TPSA) is 42.0 Å².